The lowest BCUT2D eigenvalue weighted by Crippen LogP contribution is -2.60. The van der Waals surface area contributed by atoms with Crippen molar-refractivity contribution in [3.05, 3.63) is 48.5 Å². The molecule has 0 spiro atoms. The van der Waals surface area contributed by atoms with Gasteiger partial charge in [-0.3, -0.25) is 15.0 Å². The second-order valence-corrected chi connectivity index (χ2v) is 10.5. The summed E-state index contributed by atoms with van der Waals surface area (Å²) in [4.78, 5) is 12.4. The van der Waals surface area contributed by atoms with E-state index in [4.69, 9.17) is 22.7 Å². The fourth-order valence-corrected chi connectivity index (χ4v) is 5.84. The molecular weight excluding hydrogens is 525 g/mol. The Hall–Kier alpha value is -3.14. The number of sulfone groups is 1. The second-order valence-electron chi connectivity index (χ2n) is 7.85. The lowest BCUT2D eigenvalue weighted by atomic mass is 9.95. The van der Waals surface area contributed by atoms with Crippen LogP contribution in [0.4, 0.5) is 13.2 Å². The number of nitrogens with two attached hydrogens (primary N) is 1. The second kappa shape index (κ2) is 10.5. The summed E-state index contributed by atoms with van der Waals surface area (Å²) >= 11 is 4.93. The van der Waals surface area contributed by atoms with Gasteiger partial charge in [-0.05, 0) is 73.6 Å². The molecule has 1 aliphatic heterocycles. The van der Waals surface area contributed by atoms with Crippen molar-refractivity contribution in [2.45, 2.75) is 28.8 Å². The summed E-state index contributed by atoms with van der Waals surface area (Å²) in [5, 5.41) is 12.6. The van der Waals surface area contributed by atoms with Crippen LogP contribution in [0.2, 0.25) is 0 Å². The molecule has 0 atom stereocenters. The number of hydrogen-bond acceptors (Lipinski definition) is 8. The van der Waals surface area contributed by atoms with E-state index in [9.17, 15) is 31.6 Å². The lowest BCUT2D eigenvalue weighted by Gasteiger charge is -2.42. The van der Waals surface area contributed by atoms with Crippen LogP contribution in [0, 0.1) is 0 Å². The first-order valence-corrected chi connectivity index (χ1v) is 12.3. The Labute approximate surface area is 210 Å². The summed E-state index contributed by atoms with van der Waals surface area (Å²) in [5.41, 5.74) is 7.09. The molecule has 1 aliphatic rings. The highest BCUT2D eigenvalue weighted by molar-refractivity contribution is 7.93. The minimum Gasteiger partial charge on any atom is -0.457 e. The quantitative estimate of drug-likeness (QED) is 0.269. The van der Waals surface area contributed by atoms with E-state index in [2.05, 4.69) is 4.74 Å². The van der Waals surface area contributed by atoms with Gasteiger partial charge in [-0.25, -0.2) is 18.9 Å². The minimum absolute atomic E-state index is 0.0788. The third-order valence-electron chi connectivity index (χ3n) is 5.75. The number of alkyl halides is 3. The molecule has 1 fully saturated rings. The van der Waals surface area contributed by atoms with Gasteiger partial charge in [0.2, 0.25) is 0 Å². The van der Waals surface area contributed by atoms with Crippen molar-refractivity contribution in [2.24, 2.45) is 5.73 Å². The molecule has 0 radical (unpaired) electrons. The smallest absolute Gasteiger partial charge is 0.457 e. The number of carbonyl (C=O) groups excluding carboxylic acids is 1. The van der Waals surface area contributed by atoms with Crippen LogP contribution in [-0.4, -0.2) is 65.9 Å². The largest absolute Gasteiger partial charge is 0.573 e. The maximum absolute atomic E-state index is 13.5. The van der Waals surface area contributed by atoms with E-state index in [1.54, 1.807) is 12.1 Å². The van der Waals surface area contributed by atoms with Crippen molar-refractivity contribution >= 4 is 33.1 Å². The monoisotopic (exact) mass is 548 g/mol. The normalized spacial score (nSPS) is 16.1. The maximum Gasteiger partial charge on any atom is 0.573 e. The Morgan fingerprint density at radius 1 is 1.08 bits per heavy atom. The van der Waals surface area contributed by atoms with Gasteiger partial charge in [-0.2, -0.15) is 0 Å². The molecule has 2 aromatic rings. The van der Waals surface area contributed by atoms with Crippen LogP contribution in [-0.2, 0) is 14.6 Å². The summed E-state index contributed by atoms with van der Waals surface area (Å²) in [7, 11) is -2.66. The molecule has 3 rings (SSSR count). The van der Waals surface area contributed by atoms with Crippen molar-refractivity contribution < 1.29 is 41.1 Å². The molecule has 0 aromatic heterocycles. The topological polar surface area (TPSA) is 134 Å². The van der Waals surface area contributed by atoms with Gasteiger partial charge in [0, 0.05) is 20.1 Å². The van der Waals surface area contributed by atoms with Gasteiger partial charge in [0.25, 0.3) is 5.91 Å². The van der Waals surface area contributed by atoms with Gasteiger partial charge in [0.1, 0.15) is 17.2 Å². The molecule has 15 heteroatoms. The molecule has 1 amide bonds. The number of hydroxylamine groups is 1. The van der Waals surface area contributed by atoms with Crippen LogP contribution >= 0.6 is 12.2 Å². The number of hydrogen-bond donors (Lipinski definition) is 3. The maximum atomic E-state index is 13.5. The highest BCUT2D eigenvalue weighted by Crippen LogP contribution is 2.37. The van der Waals surface area contributed by atoms with E-state index in [1.165, 1.54) is 46.9 Å². The van der Waals surface area contributed by atoms with Crippen LogP contribution in [0.15, 0.2) is 53.4 Å². The van der Waals surface area contributed by atoms with E-state index >= 15 is 0 Å². The summed E-state index contributed by atoms with van der Waals surface area (Å²) in [6.45, 7) is 0.269. The van der Waals surface area contributed by atoms with Gasteiger partial charge in [-0.1, -0.05) is 0 Å². The average molecular weight is 549 g/mol. The zero-order valence-electron chi connectivity index (χ0n) is 18.9. The molecule has 2 aromatic carbocycles. The van der Waals surface area contributed by atoms with Crippen LogP contribution in [0.1, 0.15) is 12.8 Å². The van der Waals surface area contributed by atoms with Crippen molar-refractivity contribution in [1.82, 2.24) is 15.5 Å². The third kappa shape index (κ3) is 5.80. The number of ether oxygens (including phenoxy) is 2. The van der Waals surface area contributed by atoms with Gasteiger partial charge in [-0.15, -0.1) is 13.2 Å². The number of hydrazine groups is 1. The van der Waals surface area contributed by atoms with E-state index in [-0.39, 0.29) is 47.4 Å². The van der Waals surface area contributed by atoms with Crippen molar-refractivity contribution in [2.75, 3.05) is 20.1 Å². The van der Waals surface area contributed by atoms with Gasteiger partial charge in [0.15, 0.2) is 19.7 Å². The third-order valence-corrected chi connectivity index (χ3v) is 8.53. The standard InChI is InChI=1S/C21H23F3N4O6S2/c1-27(19(25)35)28-12-10-20(11-13-28,18(29)26-30)36(31,32)17-8-6-15(7-9-17)33-14-2-4-16(5-3-14)34-21(22,23)24/h2-9,30H,10-13H2,1H3,(H2,25,35)(H,26,29). The van der Waals surface area contributed by atoms with Gasteiger partial charge in [0.05, 0.1) is 4.90 Å². The fraction of sp³-hybridized carbons (Fsp3) is 0.333. The highest BCUT2D eigenvalue weighted by Gasteiger charge is 2.53. The number of benzene rings is 2. The highest BCUT2D eigenvalue weighted by atomic mass is 32.2. The molecule has 196 valence electrons. The van der Waals surface area contributed by atoms with E-state index in [1.807, 2.05) is 0 Å². The van der Waals surface area contributed by atoms with Gasteiger partial charge >= 0.3 is 6.36 Å². The number of thiocarbonyl (C=S) groups is 1. The summed E-state index contributed by atoms with van der Waals surface area (Å²) in [6, 6.07) is 9.81. The van der Waals surface area contributed by atoms with E-state index in [0.717, 1.165) is 12.1 Å². The molecule has 0 bridgehead atoms. The van der Waals surface area contributed by atoms with Crippen LogP contribution in [0.3, 0.4) is 0 Å². The Bertz CT molecular complexity index is 1200. The van der Waals surface area contributed by atoms with Gasteiger partial charge < -0.3 is 15.2 Å². The van der Waals surface area contributed by atoms with E-state index < -0.39 is 32.6 Å². The molecule has 0 unspecified atom stereocenters. The van der Waals surface area contributed by atoms with E-state index in [0.29, 0.717) is 0 Å². The van der Waals surface area contributed by atoms with Crippen molar-refractivity contribution in [1.29, 1.82) is 0 Å². The first-order valence-electron chi connectivity index (χ1n) is 10.4. The number of piperidine rings is 1. The van der Waals surface area contributed by atoms with Crippen molar-refractivity contribution in [3.8, 4) is 17.2 Å². The Morgan fingerprint density at radius 2 is 1.56 bits per heavy atom. The molecule has 1 saturated heterocycles. The molecule has 10 nitrogen and oxygen atoms in total. The predicted molar refractivity (Wildman–Crippen MR) is 125 cm³/mol. The number of nitrogens with zero attached hydrogens (tertiary/aromatic N) is 2. The zero-order chi connectivity index (χ0) is 26.7. The van der Waals surface area contributed by atoms with Crippen LogP contribution in [0.5, 0.6) is 17.2 Å². The lowest BCUT2D eigenvalue weighted by molar-refractivity contribution is -0.274. The molecule has 4 N–H and O–H groups in total. The number of halogens is 3. The molecule has 0 aliphatic carbocycles. The van der Waals surface area contributed by atoms with Crippen LogP contribution < -0.4 is 20.7 Å². The Morgan fingerprint density at radius 3 is 2.00 bits per heavy atom. The van der Waals surface area contributed by atoms with Crippen molar-refractivity contribution in [3.63, 3.8) is 0 Å². The summed E-state index contributed by atoms with van der Waals surface area (Å²) < 4.78 is 71.3. The Balaban J connectivity index is 1.78. The SMILES string of the molecule is CN(C(N)=S)N1CCC(C(=O)NO)(S(=O)(=O)c2ccc(Oc3ccc(OC(F)(F)F)cc3)cc2)CC1. The minimum atomic E-state index is -4.82. The number of carbonyl (C=O) groups is 1. The molecule has 36 heavy (non-hydrogen) atoms. The summed E-state index contributed by atoms with van der Waals surface area (Å²) in [6.07, 6.45) is -5.10. The van der Waals surface area contributed by atoms with Crippen LogP contribution in [0.25, 0.3) is 0 Å². The molecular formula is C21H23F3N4O6S2. The number of nitrogens with one attached hydrogen (secondary N) is 1. The number of amides is 1. The fourth-order valence-electron chi connectivity index (χ4n) is 3.77. The number of rotatable bonds is 7. The zero-order valence-corrected chi connectivity index (χ0v) is 20.5. The molecule has 1 heterocycles. The molecule has 0 saturated carbocycles. The first kappa shape index (κ1) is 27.4. The Kier molecular flexibility index (Phi) is 7.97. The first-order chi connectivity index (χ1) is 16.8. The summed E-state index contributed by atoms with van der Waals surface area (Å²) in [5.74, 6) is -1.09. The predicted octanol–water partition coefficient (Wildman–Crippen LogP) is 2.58. The average Bonchev–Trinajstić information content (AvgIpc) is 2.83.